The van der Waals surface area contributed by atoms with Crippen LogP contribution in [0.4, 0.5) is 10.1 Å². The number of anilines is 1. The van der Waals surface area contributed by atoms with Gasteiger partial charge in [0.15, 0.2) is 0 Å². The van der Waals surface area contributed by atoms with E-state index in [2.05, 4.69) is 5.32 Å². The second kappa shape index (κ2) is 8.46. The summed E-state index contributed by atoms with van der Waals surface area (Å²) in [6.07, 6.45) is 0. The number of amides is 1. The van der Waals surface area contributed by atoms with Crippen molar-refractivity contribution in [2.45, 2.75) is 4.90 Å². The van der Waals surface area contributed by atoms with E-state index in [1.165, 1.54) is 38.1 Å². The quantitative estimate of drug-likeness (QED) is 0.715. The second-order valence-corrected chi connectivity index (χ2v) is 6.46. The van der Waals surface area contributed by atoms with Crippen molar-refractivity contribution in [3.63, 3.8) is 0 Å². The third-order valence-corrected chi connectivity index (χ3v) is 4.59. The fourth-order valence-electron chi connectivity index (χ4n) is 1.86. The molecule has 24 heavy (non-hydrogen) atoms. The van der Waals surface area contributed by atoms with Gasteiger partial charge in [0.05, 0.1) is 35.7 Å². The number of hydrogen-bond donors (Lipinski definition) is 1. The van der Waals surface area contributed by atoms with Crippen molar-refractivity contribution in [2.24, 2.45) is 0 Å². The fourth-order valence-corrected chi connectivity index (χ4v) is 3.08. The molecular weight excluding hydrogens is 376 g/mol. The Bertz CT molecular complexity index is 758. The van der Waals surface area contributed by atoms with E-state index in [1.807, 2.05) is 0 Å². The van der Waals surface area contributed by atoms with Crippen molar-refractivity contribution >= 4 is 46.6 Å². The number of carbonyl (C=O) groups is 1. The van der Waals surface area contributed by atoms with E-state index in [1.54, 1.807) is 18.2 Å². The number of rotatable bonds is 6. The van der Waals surface area contributed by atoms with Crippen LogP contribution in [0.2, 0.25) is 10.0 Å². The first-order valence-electron chi connectivity index (χ1n) is 6.73. The Hall–Kier alpha value is -1.63. The van der Waals surface area contributed by atoms with Gasteiger partial charge in [-0.1, -0.05) is 23.2 Å². The molecule has 0 saturated heterocycles. The van der Waals surface area contributed by atoms with Crippen molar-refractivity contribution in [1.29, 1.82) is 0 Å². The lowest BCUT2D eigenvalue weighted by Gasteiger charge is -2.13. The molecule has 0 aliphatic heterocycles. The summed E-state index contributed by atoms with van der Waals surface area (Å²) in [5, 5.41) is 3.09. The predicted octanol–water partition coefficient (Wildman–Crippen LogP) is 4.88. The Morgan fingerprint density at radius 3 is 2.46 bits per heavy atom. The van der Waals surface area contributed by atoms with Crippen LogP contribution >= 0.6 is 35.0 Å². The maximum absolute atomic E-state index is 13.1. The minimum Gasteiger partial charge on any atom is -0.495 e. The summed E-state index contributed by atoms with van der Waals surface area (Å²) in [6.45, 7) is 0. The van der Waals surface area contributed by atoms with Crippen LogP contribution in [0.3, 0.4) is 0 Å². The fraction of sp³-hybridized carbons (Fsp3) is 0.188. The van der Waals surface area contributed by atoms with Crippen LogP contribution in [0.1, 0.15) is 0 Å². The lowest BCUT2D eigenvalue weighted by Crippen LogP contribution is -2.14. The molecule has 0 fully saturated rings. The van der Waals surface area contributed by atoms with Gasteiger partial charge >= 0.3 is 0 Å². The molecule has 0 saturated carbocycles. The van der Waals surface area contributed by atoms with E-state index in [9.17, 15) is 9.18 Å². The Labute approximate surface area is 153 Å². The molecular formula is C16H14Cl2FNO3S. The molecule has 0 aliphatic rings. The van der Waals surface area contributed by atoms with Crippen molar-refractivity contribution in [3.8, 4) is 11.5 Å². The maximum atomic E-state index is 13.1. The molecule has 4 nitrogen and oxygen atoms in total. The van der Waals surface area contributed by atoms with Crippen LogP contribution in [0.15, 0.2) is 35.2 Å². The number of hydrogen-bond acceptors (Lipinski definition) is 4. The molecule has 8 heteroatoms. The molecule has 0 heterocycles. The van der Waals surface area contributed by atoms with E-state index in [0.717, 1.165) is 0 Å². The summed E-state index contributed by atoms with van der Waals surface area (Å²) < 4.78 is 23.4. The lowest BCUT2D eigenvalue weighted by molar-refractivity contribution is -0.113. The molecule has 0 aliphatic carbocycles. The average molecular weight is 390 g/mol. The van der Waals surface area contributed by atoms with Gasteiger partial charge in [-0.3, -0.25) is 4.79 Å². The van der Waals surface area contributed by atoms with Crippen molar-refractivity contribution < 1.29 is 18.7 Å². The topological polar surface area (TPSA) is 47.6 Å². The first kappa shape index (κ1) is 18.7. The zero-order chi connectivity index (χ0) is 17.7. The first-order valence-corrected chi connectivity index (χ1v) is 8.48. The zero-order valence-corrected chi connectivity index (χ0v) is 15.2. The number of thioether (sulfide) groups is 1. The second-order valence-electron chi connectivity index (χ2n) is 4.60. The molecule has 0 atom stereocenters. The summed E-state index contributed by atoms with van der Waals surface area (Å²) >= 11 is 13.0. The zero-order valence-electron chi connectivity index (χ0n) is 12.9. The third-order valence-electron chi connectivity index (χ3n) is 3.01. The molecule has 0 bridgehead atoms. The van der Waals surface area contributed by atoms with Gasteiger partial charge in [0.2, 0.25) is 5.91 Å². The Morgan fingerprint density at radius 2 is 1.83 bits per heavy atom. The van der Waals surface area contributed by atoms with Gasteiger partial charge in [0.25, 0.3) is 0 Å². The first-order chi connectivity index (χ1) is 11.4. The van der Waals surface area contributed by atoms with Gasteiger partial charge < -0.3 is 14.8 Å². The van der Waals surface area contributed by atoms with Gasteiger partial charge in [0, 0.05) is 11.0 Å². The van der Waals surface area contributed by atoms with Crippen molar-refractivity contribution in [1.82, 2.24) is 0 Å². The van der Waals surface area contributed by atoms with E-state index < -0.39 is 5.82 Å². The molecule has 0 aromatic heterocycles. The average Bonchev–Trinajstić information content (AvgIpc) is 2.56. The van der Waals surface area contributed by atoms with Gasteiger partial charge in [-0.25, -0.2) is 4.39 Å². The molecule has 2 aromatic carbocycles. The molecule has 0 spiro atoms. The summed E-state index contributed by atoms with van der Waals surface area (Å²) in [4.78, 5) is 12.8. The van der Waals surface area contributed by atoms with Crippen LogP contribution in [0.5, 0.6) is 11.5 Å². The normalized spacial score (nSPS) is 10.4. The molecule has 128 valence electrons. The summed E-state index contributed by atoms with van der Waals surface area (Å²) in [5.74, 6) is 0.235. The van der Waals surface area contributed by atoms with Crippen LogP contribution in [0.25, 0.3) is 0 Å². The number of nitrogens with one attached hydrogen (secondary N) is 1. The molecule has 2 rings (SSSR count). The monoisotopic (exact) mass is 389 g/mol. The molecule has 0 radical (unpaired) electrons. The van der Waals surface area contributed by atoms with Gasteiger partial charge in [-0.2, -0.15) is 0 Å². The van der Waals surface area contributed by atoms with Crippen LogP contribution in [0, 0.1) is 5.82 Å². The number of halogens is 3. The molecule has 1 N–H and O–H groups in total. The minimum atomic E-state index is -0.497. The standard InChI is InChI=1S/C16H14Cl2FNO3S/c1-22-14-7-15(23-2)13(6-11(14)18)20-16(21)8-24-9-3-4-12(19)10(17)5-9/h3-7H,8H2,1-2H3,(H,20,21). The number of ether oxygens (including phenoxy) is 2. The third kappa shape index (κ3) is 4.69. The van der Waals surface area contributed by atoms with Crippen LogP contribution in [-0.2, 0) is 4.79 Å². The van der Waals surface area contributed by atoms with Crippen LogP contribution in [-0.4, -0.2) is 25.9 Å². The number of methoxy groups -OCH3 is 2. The Kier molecular flexibility index (Phi) is 6.60. The highest BCUT2D eigenvalue weighted by molar-refractivity contribution is 8.00. The van der Waals surface area contributed by atoms with Crippen molar-refractivity contribution in [3.05, 3.63) is 46.2 Å². The molecule has 1 amide bonds. The largest absolute Gasteiger partial charge is 0.495 e. The summed E-state index contributed by atoms with van der Waals surface area (Å²) in [6, 6.07) is 7.43. The van der Waals surface area contributed by atoms with E-state index in [-0.39, 0.29) is 16.7 Å². The Balaban J connectivity index is 2.04. The number of benzene rings is 2. The summed E-state index contributed by atoms with van der Waals surface area (Å²) in [7, 11) is 2.97. The highest BCUT2D eigenvalue weighted by atomic mass is 35.5. The number of carbonyl (C=O) groups excluding carboxylic acids is 1. The van der Waals surface area contributed by atoms with Gasteiger partial charge in [-0.15, -0.1) is 11.8 Å². The smallest absolute Gasteiger partial charge is 0.234 e. The molecule has 0 unspecified atom stereocenters. The highest BCUT2D eigenvalue weighted by Crippen LogP contribution is 2.36. The maximum Gasteiger partial charge on any atom is 0.234 e. The minimum absolute atomic E-state index is 0.0176. The summed E-state index contributed by atoms with van der Waals surface area (Å²) in [5.41, 5.74) is 0.436. The predicted molar refractivity (Wildman–Crippen MR) is 95.3 cm³/mol. The lowest BCUT2D eigenvalue weighted by atomic mass is 10.2. The SMILES string of the molecule is COc1cc(OC)c(NC(=O)CSc2ccc(F)c(Cl)c2)cc1Cl. The van der Waals surface area contributed by atoms with Gasteiger partial charge in [0.1, 0.15) is 17.3 Å². The van der Waals surface area contributed by atoms with Gasteiger partial charge in [-0.05, 0) is 24.3 Å². The Morgan fingerprint density at radius 1 is 1.12 bits per heavy atom. The van der Waals surface area contributed by atoms with Crippen molar-refractivity contribution in [2.75, 3.05) is 25.3 Å². The van der Waals surface area contributed by atoms with E-state index in [4.69, 9.17) is 32.7 Å². The highest BCUT2D eigenvalue weighted by Gasteiger charge is 2.13. The van der Waals surface area contributed by atoms with Crippen LogP contribution < -0.4 is 14.8 Å². The van der Waals surface area contributed by atoms with E-state index in [0.29, 0.717) is 27.1 Å². The van der Waals surface area contributed by atoms with E-state index >= 15 is 0 Å². The molecule has 2 aromatic rings.